The second-order valence-corrected chi connectivity index (χ2v) is 6.61. The molecule has 2 aliphatic rings. The lowest BCUT2D eigenvalue weighted by Crippen LogP contribution is -2.50. The van der Waals surface area contributed by atoms with Gasteiger partial charge in [0.15, 0.2) is 0 Å². The molecule has 1 spiro atoms. The summed E-state index contributed by atoms with van der Waals surface area (Å²) in [4.78, 5) is 0. The minimum atomic E-state index is -0.151. The molecular weight excluding hydrogens is 293 g/mol. The van der Waals surface area contributed by atoms with Crippen LogP contribution in [-0.4, -0.2) is 6.04 Å². The van der Waals surface area contributed by atoms with E-state index >= 15 is 0 Å². The average molecular weight is 312 g/mol. The molecule has 0 heterocycles. The van der Waals surface area contributed by atoms with Gasteiger partial charge < -0.3 is 5.32 Å². The summed E-state index contributed by atoms with van der Waals surface area (Å²) in [5, 5.41) is 3.45. The highest BCUT2D eigenvalue weighted by atomic mass is 79.9. The van der Waals surface area contributed by atoms with Crippen molar-refractivity contribution in [3.05, 3.63) is 28.5 Å². The fourth-order valence-corrected chi connectivity index (χ4v) is 4.04. The fourth-order valence-electron chi connectivity index (χ4n) is 3.59. The molecule has 2 fully saturated rings. The first-order valence-electron chi connectivity index (χ1n) is 6.92. The number of hydrogen-bond donors (Lipinski definition) is 1. The van der Waals surface area contributed by atoms with Gasteiger partial charge in [-0.2, -0.15) is 0 Å². The third-order valence-electron chi connectivity index (χ3n) is 4.80. The highest BCUT2D eigenvalue weighted by molar-refractivity contribution is 9.10. The second kappa shape index (κ2) is 4.84. The van der Waals surface area contributed by atoms with Crippen LogP contribution in [-0.2, 0) is 0 Å². The van der Waals surface area contributed by atoms with Crippen LogP contribution in [0, 0.1) is 11.2 Å². The summed E-state index contributed by atoms with van der Waals surface area (Å²) in [5.74, 6) is -0.151. The first kappa shape index (κ1) is 12.5. The van der Waals surface area contributed by atoms with Crippen LogP contribution in [0.4, 0.5) is 10.1 Å². The molecule has 2 saturated carbocycles. The van der Waals surface area contributed by atoms with Crippen molar-refractivity contribution in [2.24, 2.45) is 5.41 Å². The number of hydrogen-bond acceptors (Lipinski definition) is 1. The molecule has 98 valence electrons. The molecule has 0 aliphatic heterocycles. The van der Waals surface area contributed by atoms with Gasteiger partial charge in [0.05, 0.1) is 5.69 Å². The Morgan fingerprint density at radius 1 is 1.17 bits per heavy atom. The average Bonchev–Trinajstić information content (AvgIpc) is 2.38. The minimum Gasteiger partial charge on any atom is -0.378 e. The second-order valence-electron chi connectivity index (χ2n) is 5.76. The highest BCUT2D eigenvalue weighted by Crippen LogP contribution is 2.53. The van der Waals surface area contributed by atoms with Crippen LogP contribution in [0.3, 0.4) is 0 Å². The molecular formula is C15H19BrFN. The standard InChI is InChI=1S/C15H19BrFN/c16-11-5-4-6-12(17)14(11)18-13-7-10-15(13)8-2-1-3-9-15/h4-6,13,18H,1-3,7-10H2. The molecule has 18 heavy (non-hydrogen) atoms. The van der Waals surface area contributed by atoms with E-state index in [0.717, 1.165) is 4.47 Å². The Morgan fingerprint density at radius 2 is 1.94 bits per heavy atom. The summed E-state index contributed by atoms with van der Waals surface area (Å²) in [5.41, 5.74) is 1.10. The fraction of sp³-hybridized carbons (Fsp3) is 0.600. The van der Waals surface area contributed by atoms with Gasteiger partial charge in [-0.1, -0.05) is 25.3 Å². The van der Waals surface area contributed by atoms with Crippen LogP contribution < -0.4 is 5.32 Å². The molecule has 0 amide bonds. The van der Waals surface area contributed by atoms with Gasteiger partial charge in [0.1, 0.15) is 5.82 Å². The van der Waals surface area contributed by atoms with Crippen molar-refractivity contribution in [2.45, 2.75) is 51.0 Å². The van der Waals surface area contributed by atoms with E-state index in [4.69, 9.17) is 0 Å². The van der Waals surface area contributed by atoms with E-state index in [1.54, 1.807) is 6.07 Å². The monoisotopic (exact) mass is 311 g/mol. The largest absolute Gasteiger partial charge is 0.378 e. The maximum Gasteiger partial charge on any atom is 0.147 e. The summed E-state index contributed by atoms with van der Waals surface area (Å²) in [7, 11) is 0. The maximum atomic E-state index is 13.8. The molecule has 3 rings (SSSR count). The molecule has 0 saturated heterocycles. The molecule has 1 nitrogen and oxygen atoms in total. The lowest BCUT2D eigenvalue weighted by molar-refractivity contribution is 0.0569. The topological polar surface area (TPSA) is 12.0 Å². The smallest absolute Gasteiger partial charge is 0.147 e. The van der Waals surface area contributed by atoms with E-state index in [1.165, 1.54) is 51.0 Å². The Hall–Kier alpha value is -0.570. The van der Waals surface area contributed by atoms with Crippen molar-refractivity contribution in [1.82, 2.24) is 0 Å². The summed E-state index contributed by atoms with van der Waals surface area (Å²) in [6.07, 6.45) is 9.19. The summed E-state index contributed by atoms with van der Waals surface area (Å²) in [6, 6.07) is 5.63. The van der Waals surface area contributed by atoms with Gasteiger partial charge >= 0.3 is 0 Å². The molecule has 1 unspecified atom stereocenters. The van der Waals surface area contributed by atoms with Crippen molar-refractivity contribution in [1.29, 1.82) is 0 Å². The van der Waals surface area contributed by atoms with Crippen LogP contribution in [0.2, 0.25) is 0 Å². The Balaban J connectivity index is 1.77. The zero-order valence-electron chi connectivity index (χ0n) is 10.5. The third-order valence-corrected chi connectivity index (χ3v) is 5.46. The van der Waals surface area contributed by atoms with Gasteiger partial charge in [-0.25, -0.2) is 4.39 Å². The molecule has 2 aliphatic carbocycles. The van der Waals surface area contributed by atoms with Crippen LogP contribution in [0.25, 0.3) is 0 Å². The molecule has 1 N–H and O–H groups in total. The quantitative estimate of drug-likeness (QED) is 0.800. The third kappa shape index (κ3) is 2.07. The van der Waals surface area contributed by atoms with Gasteiger partial charge in [-0.3, -0.25) is 0 Å². The summed E-state index contributed by atoms with van der Waals surface area (Å²) >= 11 is 3.44. The van der Waals surface area contributed by atoms with E-state index in [1.807, 2.05) is 6.07 Å². The zero-order chi connectivity index (χ0) is 12.6. The van der Waals surface area contributed by atoms with E-state index in [9.17, 15) is 4.39 Å². The first-order valence-corrected chi connectivity index (χ1v) is 7.71. The lowest BCUT2D eigenvalue weighted by atomic mass is 9.57. The number of rotatable bonds is 2. The maximum absolute atomic E-state index is 13.8. The van der Waals surface area contributed by atoms with Crippen molar-refractivity contribution in [3.8, 4) is 0 Å². The summed E-state index contributed by atoms with van der Waals surface area (Å²) < 4.78 is 14.7. The molecule has 1 atom stereocenters. The molecule has 1 aromatic carbocycles. The Labute approximate surface area is 116 Å². The van der Waals surface area contributed by atoms with Crippen molar-refractivity contribution < 1.29 is 4.39 Å². The first-order chi connectivity index (χ1) is 8.71. The predicted molar refractivity (Wildman–Crippen MR) is 76.3 cm³/mol. The normalized spacial score (nSPS) is 25.8. The highest BCUT2D eigenvalue weighted by Gasteiger charge is 2.47. The Kier molecular flexibility index (Phi) is 3.35. The minimum absolute atomic E-state index is 0.151. The van der Waals surface area contributed by atoms with Gasteiger partial charge in [0, 0.05) is 10.5 Å². The Bertz CT molecular complexity index is 420. The van der Waals surface area contributed by atoms with Crippen LogP contribution in [0.1, 0.15) is 44.9 Å². The lowest BCUT2D eigenvalue weighted by Gasteiger charge is -2.52. The van der Waals surface area contributed by atoms with Crippen molar-refractivity contribution >= 4 is 21.6 Å². The van der Waals surface area contributed by atoms with Crippen molar-refractivity contribution in [2.75, 3.05) is 5.32 Å². The van der Waals surface area contributed by atoms with E-state index < -0.39 is 0 Å². The number of anilines is 1. The van der Waals surface area contributed by atoms with Gasteiger partial charge in [-0.05, 0) is 59.2 Å². The SMILES string of the molecule is Fc1cccc(Br)c1NC1CCC12CCCCC2. The van der Waals surface area contributed by atoms with E-state index in [0.29, 0.717) is 17.1 Å². The van der Waals surface area contributed by atoms with Gasteiger partial charge in [-0.15, -0.1) is 0 Å². The summed E-state index contributed by atoms with van der Waals surface area (Å²) in [6.45, 7) is 0. The van der Waals surface area contributed by atoms with Crippen LogP contribution >= 0.6 is 15.9 Å². The number of nitrogens with one attached hydrogen (secondary N) is 1. The molecule has 1 aromatic rings. The molecule has 0 aromatic heterocycles. The zero-order valence-corrected chi connectivity index (χ0v) is 12.1. The molecule has 0 bridgehead atoms. The molecule has 0 radical (unpaired) electrons. The predicted octanol–water partition coefficient (Wildman–Crippen LogP) is 5.11. The number of halogens is 2. The Morgan fingerprint density at radius 3 is 2.56 bits per heavy atom. The number of para-hydroxylation sites is 1. The van der Waals surface area contributed by atoms with E-state index in [-0.39, 0.29) is 5.82 Å². The van der Waals surface area contributed by atoms with Gasteiger partial charge in [0.2, 0.25) is 0 Å². The molecule has 3 heteroatoms. The van der Waals surface area contributed by atoms with Crippen LogP contribution in [0.5, 0.6) is 0 Å². The van der Waals surface area contributed by atoms with E-state index in [2.05, 4.69) is 21.2 Å². The number of benzene rings is 1. The van der Waals surface area contributed by atoms with Crippen LogP contribution in [0.15, 0.2) is 22.7 Å². The van der Waals surface area contributed by atoms with Crippen molar-refractivity contribution in [3.63, 3.8) is 0 Å². The van der Waals surface area contributed by atoms with Gasteiger partial charge in [0.25, 0.3) is 0 Å².